The first-order valence-electron chi connectivity index (χ1n) is 8.66. The van der Waals surface area contributed by atoms with Gasteiger partial charge in [-0.05, 0) is 50.1 Å². The summed E-state index contributed by atoms with van der Waals surface area (Å²) in [4.78, 5) is 28.5. The lowest BCUT2D eigenvalue weighted by molar-refractivity contribution is -0.145. The highest BCUT2D eigenvalue weighted by Gasteiger charge is 2.42. The van der Waals surface area contributed by atoms with Crippen LogP contribution in [0.5, 0.6) is 0 Å². The highest BCUT2D eigenvalue weighted by molar-refractivity contribution is 5.96. The van der Waals surface area contributed by atoms with Crippen molar-refractivity contribution in [1.29, 1.82) is 0 Å². The van der Waals surface area contributed by atoms with E-state index in [1.807, 2.05) is 0 Å². The van der Waals surface area contributed by atoms with Gasteiger partial charge in [-0.3, -0.25) is 14.6 Å². The van der Waals surface area contributed by atoms with Gasteiger partial charge in [0.15, 0.2) is 0 Å². The van der Waals surface area contributed by atoms with Crippen LogP contribution in [0.4, 0.5) is 4.39 Å². The van der Waals surface area contributed by atoms with Crippen LogP contribution in [0.2, 0.25) is 0 Å². The minimum Gasteiger partial charge on any atom is -0.481 e. The minimum atomic E-state index is -0.916. The number of carbonyl (C=O) groups excluding carboxylic acids is 1. The van der Waals surface area contributed by atoms with E-state index in [1.54, 1.807) is 37.4 Å². The molecule has 0 saturated heterocycles. The van der Waals surface area contributed by atoms with Crippen molar-refractivity contribution in [2.24, 2.45) is 5.92 Å². The lowest BCUT2D eigenvalue weighted by Gasteiger charge is -2.39. The second-order valence-corrected chi connectivity index (χ2v) is 6.95. The quantitative estimate of drug-likeness (QED) is 0.876. The highest BCUT2D eigenvalue weighted by atomic mass is 19.1. The largest absolute Gasteiger partial charge is 0.481 e. The van der Waals surface area contributed by atoms with Gasteiger partial charge in [-0.1, -0.05) is 18.9 Å². The minimum absolute atomic E-state index is 0.154. The molecule has 1 aliphatic rings. The second kappa shape index (κ2) is 7.23. The van der Waals surface area contributed by atoms with Crippen LogP contribution < -0.4 is 5.32 Å². The van der Waals surface area contributed by atoms with Crippen LogP contribution in [0.15, 0.2) is 42.6 Å². The number of pyridine rings is 1. The topological polar surface area (TPSA) is 79.3 Å². The standard InChI is InChI=1S/C20H21FN2O3/c1-20(8-4-2-6-16(20)19(25)26)23-18(24)14-10-13(11-15(21)12-14)17-7-3-5-9-22-17/h3,5,7,9-12,16H,2,4,6,8H2,1H3,(H,23,24)(H,25,26). The Morgan fingerprint density at radius 1 is 1.27 bits per heavy atom. The van der Waals surface area contributed by atoms with Crippen LogP contribution in [0, 0.1) is 11.7 Å². The van der Waals surface area contributed by atoms with E-state index in [2.05, 4.69) is 10.3 Å². The Morgan fingerprint density at radius 2 is 2.08 bits per heavy atom. The number of aromatic nitrogens is 1. The van der Waals surface area contributed by atoms with Crippen LogP contribution in [-0.2, 0) is 4.79 Å². The first-order chi connectivity index (χ1) is 12.4. The molecule has 6 heteroatoms. The Hall–Kier alpha value is -2.76. The van der Waals surface area contributed by atoms with Crippen molar-refractivity contribution in [3.05, 3.63) is 54.0 Å². The van der Waals surface area contributed by atoms with Crippen molar-refractivity contribution in [2.45, 2.75) is 38.1 Å². The maximum Gasteiger partial charge on any atom is 0.308 e. The zero-order valence-corrected chi connectivity index (χ0v) is 14.5. The van der Waals surface area contributed by atoms with Gasteiger partial charge in [-0.25, -0.2) is 4.39 Å². The Kier molecular flexibility index (Phi) is 5.02. The number of hydrogen-bond acceptors (Lipinski definition) is 3. The third kappa shape index (κ3) is 3.74. The SMILES string of the molecule is CC1(NC(=O)c2cc(F)cc(-c3ccccn3)c2)CCCCC1C(=O)O. The van der Waals surface area contributed by atoms with Crippen molar-refractivity contribution in [1.82, 2.24) is 10.3 Å². The molecule has 26 heavy (non-hydrogen) atoms. The Morgan fingerprint density at radius 3 is 2.77 bits per heavy atom. The van der Waals surface area contributed by atoms with Gasteiger partial charge >= 0.3 is 5.97 Å². The molecular formula is C20H21FN2O3. The molecule has 1 amide bonds. The van der Waals surface area contributed by atoms with Crippen LogP contribution in [0.25, 0.3) is 11.3 Å². The smallest absolute Gasteiger partial charge is 0.308 e. The van der Waals surface area contributed by atoms with E-state index in [0.717, 1.165) is 18.9 Å². The van der Waals surface area contributed by atoms with Crippen LogP contribution >= 0.6 is 0 Å². The van der Waals surface area contributed by atoms with E-state index in [4.69, 9.17) is 0 Å². The van der Waals surface area contributed by atoms with Crippen molar-refractivity contribution >= 4 is 11.9 Å². The number of benzene rings is 1. The van der Waals surface area contributed by atoms with E-state index < -0.39 is 29.2 Å². The molecule has 1 aromatic heterocycles. The molecule has 0 bridgehead atoms. The number of amides is 1. The first kappa shape index (κ1) is 18.0. The fourth-order valence-electron chi connectivity index (χ4n) is 3.61. The number of rotatable bonds is 4. The van der Waals surface area contributed by atoms with Crippen molar-refractivity contribution in [2.75, 3.05) is 0 Å². The number of carboxylic acid groups (broad SMARTS) is 1. The molecule has 2 unspecified atom stereocenters. The average molecular weight is 356 g/mol. The predicted molar refractivity (Wildman–Crippen MR) is 95.1 cm³/mol. The summed E-state index contributed by atoms with van der Waals surface area (Å²) in [6.07, 6.45) is 4.38. The number of halogens is 1. The Labute approximate surface area is 151 Å². The van der Waals surface area contributed by atoms with Crippen molar-refractivity contribution in [3.8, 4) is 11.3 Å². The predicted octanol–water partition coefficient (Wildman–Crippen LogP) is 3.65. The van der Waals surface area contributed by atoms with Gasteiger partial charge in [0.05, 0.1) is 17.2 Å². The third-order valence-corrected chi connectivity index (χ3v) is 5.03. The molecular weight excluding hydrogens is 335 g/mol. The highest BCUT2D eigenvalue weighted by Crippen LogP contribution is 2.34. The van der Waals surface area contributed by atoms with E-state index >= 15 is 0 Å². The van der Waals surface area contributed by atoms with Gasteiger partial charge in [-0.15, -0.1) is 0 Å². The number of nitrogens with one attached hydrogen (secondary N) is 1. The summed E-state index contributed by atoms with van der Waals surface area (Å²) in [5, 5.41) is 12.3. The molecule has 1 aliphatic carbocycles. The molecule has 2 atom stereocenters. The van der Waals surface area contributed by atoms with Crippen LogP contribution in [0.1, 0.15) is 43.0 Å². The molecule has 1 fully saturated rings. The molecule has 0 spiro atoms. The Bertz CT molecular complexity index is 825. The van der Waals surface area contributed by atoms with Gasteiger partial charge in [0.2, 0.25) is 0 Å². The molecule has 1 heterocycles. The zero-order valence-electron chi connectivity index (χ0n) is 14.5. The molecule has 2 aromatic rings. The van der Waals surface area contributed by atoms with Gasteiger partial charge in [-0.2, -0.15) is 0 Å². The number of carboxylic acids is 1. The molecule has 2 N–H and O–H groups in total. The number of carbonyl (C=O) groups is 2. The molecule has 1 saturated carbocycles. The zero-order chi connectivity index (χ0) is 18.7. The fraction of sp³-hybridized carbons (Fsp3) is 0.350. The van der Waals surface area contributed by atoms with Gasteiger partial charge < -0.3 is 10.4 Å². The summed E-state index contributed by atoms with van der Waals surface area (Å²) in [5.41, 5.74) is 0.368. The first-order valence-corrected chi connectivity index (χ1v) is 8.66. The lowest BCUT2D eigenvalue weighted by atomic mass is 9.73. The summed E-state index contributed by atoms with van der Waals surface area (Å²) in [6.45, 7) is 1.75. The lowest BCUT2D eigenvalue weighted by Crippen LogP contribution is -2.55. The van der Waals surface area contributed by atoms with Gasteiger partial charge in [0.1, 0.15) is 5.82 Å². The molecule has 1 aromatic carbocycles. The summed E-state index contributed by atoms with van der Waals surface area (Å²) < 4.78 is 14.1. The maximum atomic E-state index is 14.1. The molecule has 3 rings (SSSR count). The Balaban J connectivity index is 1.88. The normalized spacial score (nSPS) is 22.6. The van der Waals surface area contributed by atoms with Crippen LogP contribution in [-0.4, -0.2) is 27.5 Å². The third-order valence-electron chi connectivity index (χ3n) is 5.03. The average Bonchev–Trinajstić information content (AvgIpc) is 2.61. The van der Waals surface area contributed by atoms with Crippen LogP contribution in [0.3, 0.4) is 0 Å². The summed E-state index contributed by atoms with van der Waals surface area (Å²) in [6, 6.07) is 9.33. The number of hydrogen-bond donors (Lipinski definition) is 2. The fourth-order valence-corrected chi connectivity index (χ4v) is 3.61. The number of aliphatic carboxylic acids is 1. The molecule has 136 valence electrons. The maximum absolute atomic E-state index is 14.1. The van der Waals surface area contributed by atoms with Gasteiger partial charge in [0.25, 0.3) is 5.91 Å². The molecule has 0 radical (unpaired) electrons. The molecule has 0 aliphatic heterocycles. The van der Waals surface area contributed by atoms with E-state index in [0.29, 0.717) is 24.1 Å². The molecule has 5 nitrogen and oxygen atoms in total. The second-order valence-electron chi connectivity index (χ2n) is 6.95. The van der Waals surface area contributed by atoms with Crippen molar-refractivity contribution < 1.29 is 19.1 Å². The van der Waals surface area contributed by atoms with E-state index in [9.17, 15) is 19.1 Å². The number of nitrogens with zero attached hydrogens (tertiary/aromatic N) is 1. The van der Waals surface area contributed by atoms with Crippen molar-refractivity contribution in [3.63, 3.8) is 0 Å². The van der Waals surface area contributed by atoms with Gasteiger partial charge in [0, 0.05) is 17.3 Å². The van der Waals surface area contributed by atoms with E-state index in [-0.39, 0.29) is 5.56 Å². The monoisotopic (exact) mass is 356 g/mol. The summed E-state index contributed by atoms with van der Waals surface area (Å²) in [7, 11) is 0. The summed E-state index contributed by atoms with van der Waals surface area (Å²) >= 11 is 0. The van der Waals surface area contributed by atoms with E-state index in [1.165, 1.54) is 6.07 Å². The summed E-state index contributed by atoms with van der Waals surface area (Å²) in [5.74, 6) is -2.58.